The lowest BCUT2D eigenvalue weighted by atomic mass is 9.97. The van der Waals surface area contributed by atoms with Crippen LogP contribution >= 0.6 is 22.9 Å². The fourth-order valence-electron chi connectivity index (χ4n) is 5.11. The summed E-state index contributed by atoms with van der Waals surface area (Å²) in [5.74, 6) is 0.148. The molecule has 2 N–H and O–H groups in total. The Balaban J connectivity index is 1.45. The highest BCUT2D eigenvalue weighted by atomic mass is 35.5. The van der Waals surface area contributed by atoms with E-state index in [0.717, 1.165) is 23.8 Å². The van der Waals surface area contributed by atoms with E-state index in [2.05, 4.69) is 21.9 Å². The molecule has 4 aromatic rings. The molecule has 2 aromatic heterocycles. The normalized spacial score (nSPS) is 21.7. The van der Waals surface area contributed by atoms with Gasteiger partial charge in [0.15, 0.2) is 5.82 Å². The number of thiophene rings is 1. The first-order chi connectivity index (χ1) is 16.4. The van der Waals surface area contributed by atoms with Gasteiger partial charge in [-0.05, 0) is 43.0 Å². The number of anilines is 1. The van der Waals surface area contributed by atoms with Crippen molar-refractivity contribution >= 4 is 48.9 Å². The van der Waals surface area contributed by atoms with Crippen LogP contribution in [0.15, 0.2) is 24.4 Å². The lowest BCUT2D eigenvalue weighted by molar-refractivity contribution is 0.167. The van der Waals surface area contributed by atoms with E-state index in [1.165, 1.54) is 24.8 Å². The lowest BCUT2D eigenvalue weighted by Crippen LogP contribution is -2.34. The summed E-state index contributed by atoms with van der Waals surface area (Å²) < 4.78 is 36.4. The molecule has 1 aliphatic carbocycles. The van der Waals surface area contributed by atoms with Gasteiger partial charge in [0.2, 0.25) is 0 Å². The summed E-state index contributed by atoms with van der Waals surface area (Å²) in [4.78, 5) is 10.8. The second-order valence-electron chi connectivity index (χ2n) is 8.87. The van der Waals surface area contributed by atoms with Crippen LogP contribution in [0.2, 0.25) is 5.02 Å². The predicted octanol–water partition coefficient (Wildman–Crippen LogP) is 5.23. The van der Waals surface area contributed by atoms with Crippen LogP contribution in [0.5, 0.6) is 6.01 Å². The Bertz CT molecular complexity index is 1530. The molecule has 0 unspecified atom stereocenters. The number of fused-ring (bicyclic) bond motifs is 3. The number of rotatable bonds is 4. The van der Waals surface area contributed by atoms with E-state index in [-0.39, 0.29) is 48.3 Å². The van der Waals surface area contributed by atoms with Gasteiger partial charge in [0.05, 0.1) is 15.3 Å². The molecule has 1 aliphatic heterocycles. The molecule has 0 bridgehead atoms. The zero-order valence-electron chi connectivity index (χ0n) is 18.0. The molecule has 2 aliphatic rings. The number of aromatic nitrogens is 2. The fraction of sp³-hybridized carbons (Fsp3) is 0.292. The number of hydrogen-bond acceptors (Lipinski definition) is 7. The van der Waals surface area contributed by atoms with Gasteiger partial charge < -0.3 is 10.5 Å². The molecule has 10 heteroatoms. The molecule has 6 rings (SSSR count). The molecule has 34 heavy (non-hydrogen) atoms. The average Bonchev–Trinajstić information content (AvgIpc) is 3.36. The van der Waals surface area contributed by atoms with Crippen molar-refractivity contribution in [3.05, 3.63) is 46.6 Å². The Morgan fingerprint density at radius 2 is 2.21 bits per heavy atom. The van der Waals surface area contributed by atoms with Gasteiger partial charge in [0.1, 0.15) is 29.0 Å². The number of nitrogens with two attached hydrogens (primary N) is 1. The average molecular weight is 498 g/mol. The summed E-state index contributed by atoms with van der Waals surface area (Å²) in [6.07, 6.45) is 2.69. The summed E-state index contributed by atoms with van der Waals surface area (Å²) >= 11 is 7.42. The van der Waals surface area contributed by atoms with E-state index in [1.807, 2.05) is 6.07 Å². The van der Waals surface area contributed by atoms with Gasteiger partial charge in [0, 0.05) is 35.1 Å². The van der Waals surface area contributed by atoms with Crippen LogP contribution in [-0.2, 0) is 0 Å². The summed E-state index contributed by atoms with van der Waals surface area (Å²) in [6.45, 7) is 1.50. The highest BCUT2D eigenvalue weighted by Gasteiger charge is 2.51. The fourth-order valence-corrected chi connectivity index (χ4v) is 6.36. The largest absolute Gasteiger partial charge is 0.462 e. The van der Waals surface area contributed by atoms with Crippen LogP contribution in [0.3, 0.4) is 0 Å². The first-order valence-corrected chi connectivity index (χ1v) is 12.0. The molecule has 2 fully saturated rings. The Labute approximate surface area is 202 Å². The number of ether oxygens (including phenoxy) is 1. The minimum atomic E-state index is -0.698. The zero-order chi connectivity index (χ0) is 23.7. The Hall–Kier alpha value is -3.06. The summed E-state index contributed by atoms with van der Waals surface area (Å²) in [6, 6.07) is 6.55. The standard InChI is InChI=1S/C24H18ClF2N5OS/c1-32-8-11-4-13(11)17(32)9-33-24-30-7-10-5-15(25)19(20(27)21(10)31-24)12-2-3-16(26)22-18(12)14(6-28)23(29)34-22/h2-3,5,7,11,13,17H,4,8-9,29H2,1H3/t11-,13-,17-/m1/s1. The third kappa shape index (κ3) is 3.21. The Morgan fingerprint density at radius 1 is 1.38 bits per heavy atom. The van der Waals surface area contributed by atoms with Crippen molar-refractivity contribution in [3.63, 3.8) is 0 Å². The van der Waals surface area contributed by atoms with Gasteiger partial charge in [-0.15, -0.1) is 11.3 Å². The predicted molar refractivity (Wildman–Crippen MR) is 128 cm³/mol. The number of piperidine rings is 1. The molecular formula is C24H18ClF2N5OS. The van der Waals surface area contributed by atoms with Crippen molar-refractivity contribution in [2.24, 2.45) is 11.8 Å². The molecule has 6 nitrogen and oxygen atoms in total. The van der Waals surface area contributed by atoms with Crippen LogP contribution in [0.1, 0.15) is 12.0 Å². The van der Waals surface area contributed by atoms with Crippen LogP contribution in [-0.4, -0.2) is 41.1 Å². The third-order valence-corrected chi connectivity index (χ3v) is 8.21. The van der Waals surface area contributed by atoms with Gasteiger partial charge >= 0.3 is 6.01 Å². The minimum Gasteiger partial charge on any atom is -0.462 e. The van der Waals surface area contributed by atoms with Gasteiger partial charge in [-0.3, -0.25) is 4.90 Å². The van der Waals surface area contributed by atoms with Crippen molar-refractivity contribution in [2.75, 3.05) is 25.9 Å². The topological polar surface area (TPSA) is 88.1 Å². The smallest absolute Gasteiger partial charge is 0.317 e. The number of nitrogens with zero attached hydrogens (tertiary/aromatic N) is 4. The van der Waals surface area contributed by atoms with E-state index in [1.54, 1.807) is 6.07 Å². The number of benzene rings is 2. The van der Waals surface area contributed by atoms with E-state index < -0.39 is 11.6 Å². The molecule has 3 atom stereocenters. The second kappa shape index (κ2) is 7.73. The molecule has 3 heterocycles. The van der Waals surface area contributed by atoms with E-state index in [9.17, 15) is 9.65 Å². The second-order valence-corrected chi connectivity index (χ2v) is 10.3. The number of likely N-dealkylation sites (tertiary alicyclic amines) is 1. The zero-order valence-corrected chi connectivity index (χ0v) is 19.6. The number of hydrogen-bond donors (Lipinski definition) is 1. The number of halogens is 3. The minimum absolute atomic E-state index is 0.0227. The first-order valence-electron chi connectivity index (χ1n) is 10.8. The maximum Gasteiger partial charge on any atom is 0.317 e. The van der Waals surface area contributed by atoms with E-state index in [4.69, 9.17) is 22.1 Å². The van der Waals surface area contributed by atoms with Crippen molar-refractivity contribution in [3.8, 4) is 23.2 Å². The summed E-state index contributed by atoms with van der Waals surface area (Å²) in [5, 5.41) is 10.5. The van der Waals surface area contributed by atoms with Gasteiger partial charge in [0.25, 0.3) is 0 Å². The molecule has 1 saturated carbocycles. The monoisotopic (exact) mass is 497 g/mol. The molecule has 0 amide bonds. The Kier molecular flexibility index (Phi) is 4.88. The van der Waals surface area contributed by atoms with Gasteiger partial charge in [-0.1, -0.05) is 17.7 Å². The molecule has 0 radical (unpaired) electrons. The number of likely N-dealkylation sites (N-methyl/N-ethyl adjacent to an activating group) is 1. The maximum atomic E-state index is 15.9. The Morgan fingerprint density at radius 3 is 2.94 bits per heavy atom. The van der Waals surface area contributed by atoms with Crippen LogP contribution in [0.4, 0.5) is 13.8 Å². The first kappa shape index (κ1) is 21.5. The van der Waals surface area contributed by atoms with Gasteiger partial charge in [-0.25, -0.2) is 13.8 Å². The molecular weight excluding hydrogens is 480 g/mol. The summed E-state index contributed by atoms with van der Waals surface area (Å²) in [5.41, 5.74) is 6.36. The summed E-state index contributed by atoms with van der Waals surface area (Å²) in [7, 11) is 2.07. The SMILES string of the molecule is CN1C[C@H]2C[C@H]2[C@H]1COc1ncc2cc(Cl)c(-c3ccc(F)c4sc(N)c(C#N)c34)c(F)c2n1. The van der Waals surface area contributed by atoms with Crippen LogP contribution in [0.25, 0.3) is 32.1 Å². The van der Waals surface area contributed by atoms with Crippen molar-refractivity contribution in [2.45, 2.75) is 12.5 Å². The molecule has 172 valence electrons. The van der Waals surface area contributed by atoms with E-state index >= 15 is 4.39 Å². The van der Waals surface area contributed by atoms with Crippen molar-refractivity contribution < 1.29 is 13.5 Å². The molecule has 0 spiro atoms. The van der Waals surface area contributed by atoms with Crippen molar-refractivity contribution in [1.82, 2.24) is 14.9 Å². The maximum absolute atomic E-state index is 15.9. The van der Waals surface area contributed by atoms with Gasteiger partial charge in [-0.2, -0.15) is 10.2 Å². The quantitative estimate of drug-likeness (QED) is 0.415. The molecule has 1 saturated heterocycles. The lowest BCUT2D eigenvalue weighted by Gasteiger charge is -2.22. The van der Waals surface area contributed by atoms with Crippen LogP contribution in [0, 0.1) is 34.8 Å². The van der Waals surface area contributed by atoms with Crippen molar-refractivity contribution in [1.29, 1.82) is 5.26 Å². The van der Waals surface area contributed by atoms with E-state index in [0.29, 0.717) is 24.0 Å². The molecule has 2 aromatic carbocycles. The van der Waals surface area contributed by atoms with Crippen LogP contribution < -0.4 is 10.5 Å². The number of nitriles is 1. The highest BCUT2D eigenvalue weighted by molar-refractivity contribution is 7.23. The highest BCUT2D eigenvalue weighted by Crippen LogP contribution is 2.49. The number of nitrogen functional groups attached to an aromatic ring is 1. The third-order valence-electron chi connectivity index (χ3n) is 6.89.